The molecule has 0 saturated heterocycles. The van der Waals surface area contributed by atoms with Gasteiger partial charge in [0.2, 0.25) is 10.0 Å². The van der Waals surface area contributed by atoms with Crippen LogP contribution in [-0.2, 0) is 14.8 Å². The van der Waals surface area contributed by atoms with E-state index in [0.717, 1.165) is 0 Å². The van der Waals surface area contributed by atoms with E-state index in [1.54, 1.807) is 24.5 Å². The highest BCUT2D eigenvalue weighted by molar-refractivity contribution is 7.89. The molecule has 0 aliphatic rings. The van der Waals surface area contributed by atoms with Crippen LogP contribution in [0, 0.1) is 0 Å². The molecule has 1 aromatic carbocycles. The van der Waals surface area contributed by atoms with Gasteiger partial charge in [-0.3, -0.25) is 9.78 Å². The molecule has 1 atom stereocenters. The van der Waals surface area contributed by atoms with E-state index >= 15 is 0 Å². The smallest absolute Gasteiger partial charge is 0.303 e. The van der Waals surface area contributed by atoms with E-state index in [9.17, 15) is 13.2 Å². The molecule has 0 aliphatic heterocycles. The van der Waals surface area contributed by atoms with Gasteiger partial charge < -0.3 is 9.84 Å². The molecule has 0 bridgehead atoms. The maximum absolute atomic E-state index is 12.3. The van der Waals surface area contributed by atoms with Gasteiger partial charge in [0.25, 0.3) is 0 Å². The summed E-state index contributed by atoms with van der Waals surface area (Å²) in [6.07, 6.45) is 5.25. The largest absolute Gasteiger partial charge is 0.489 e. The predicted octanol–water partition coefficient (Wildman–Crippen LogP) is 3.50. The Labute approximate surface area is 169 Å². The van der Waals surface area contributed by atoms with Crippen molar-refractivity contribution in [1.29, 1.82) is 0 Å². The van der Waals surface area contributed by atoms with Crippen molar-refractivity contribution in [2.24, 2.45) is 0 Å². The van der Waals surface area contributed by atoms with E-state index in [4.69, 9.17) is 21.4 Å². The number of carbonyl (C=O) groups is 1. The Balaban J connectivity index is 1.85. The fourth-order valence-corrected chi connectivity index (χ4v) is 3.79. The topological polar surface area (TPSA) is 106 Å². The number of hydrogen-bond acceptors (Lipinski definition) is 5. The molecule has 0 radical (unpaired) electrons. The van der Waals surface area contributed by atoms with Crippen molar-refractivity contribution in [3.63, 3.8) is 0 Å². The van der Waals surface area contributed by atoms with Crippen LogP contribution in [0.2, 0.25) is 5.02 Å². The van der Waals surface area contributed by atoms with Crippen molar-refractivity contribution in [3.8, 4) is 5.75 Å². The average Bonchev–Trinajstić information content (AvgIpc) is 2.66. The van der Waals surface area contributed by atoms with Crippen molar-refractivity contribution < 1.29 is 23.1 Å². The summed E-state index contributed by atoms with van der Waals surface area (Å²) in [6.45, 7) is 0.247. The number of hydrogen-bond donors (Lipinski definition) is 2. The number of halogens is 1. The van der Waals surface area contributed by atoms with Gasteiger partial charge in [0.05, 0.1) is 17.2 Å². The Morgan fingerprint density at radius 2 is 1.89 bits per heavy atom. The molecule has 28 heavy (non-hydrogen) atoms. The summed E-state index contributed by atoms with van der Waals surface area (Å²) in [4.78, 5) is 14.9. The Kier molecular flexibility index (Phi) is 8.69. The standard InChI is InChI=1S/C19H23ClN2O5S/c20-15-8-10-18(11-9-15)28(25,26)22-13-3-5-16(4-1-7-19(23)24)27-17-6-2-12-21-14-17/h2,6,8-12,14,16,22H,1,3-5,7,13H2,(H,23,24). The zero-order valence-electron chi connectivity index (χ0n) is 15.3. The molecule has 0 spiro atoms. The van der Waals surface area contributed by atoms with E-state index in [1.165, 1.54) is 24.3 Å². The van der Waals surface area contributed by atoms with Gasteiger partial charge in [-0.25, -0.2) is 13.1 Å². The monoisotopic (exact) mass is 426 g/mol. The van der Waals surface area contributed by atoms with Crippen molar-refractivity contribution >= 4 is 27.6 Å². The van der Waals surface area contributed by atoms with Crippen LogP contribution in [-0.4, -0.2) is 37.1 Å². The maximum Gasteiger partial charge on any atom is 0.303 e. The Morgan fingerprint density at radius 3 is 2.54 bits per heavy atom. The van der Waals surface area contributed by atoms with E-state index in [-0.39, 0.29) is 24.0 Å². The molecular weight excluding hydrogens is 404 g/mol. The van der Waals surface area contributed by atoms with E-state index < -0.39 is 16.0 Å². The number of nitrogens with one attached hydrogen (secondary N) is 1. The van der Waals surface area contributed by atoms with Gasteiger partial charge in [-0.1, -0.05) is 11.6 Å². The number of pyridine rings is 1. The Bertz CT molecular complexity index is 844. The van der Waals surface area contributed by atoms with Gasteiger partial charge in [0.1, 0.15) is 5.75 Å². The lowest BCUT2D eigenvalue weighted by Gasteiger charge is -2.19. The van der Waals surface area contributed by atoms with Crippen LogP contribution in [0.15, 0.2) is 53.7 Å². The van der Waals surface area contributed by atoms with Crippen LogP contribution in [0.1, 0.15) is 32.1 Å². The number of ether oxygens (including phenoxy) is 1. The summed E-state index contributed by atoms with van der Waals surface area (Å²) in [7, 11) is -3.60. The lowest BCUT2D eigenvalue weighted by atomic mass is 10.1. The lowest BCUT2D eigenvalue weighted by Crippen LogP contribution is -2.26. The highest BCUT2D eigenvalue weighted by Crippen LogP contribution is 2.17. The van der Waals surface area contributed by atoms with Gasteiger partial charge in [0.15, 0.2) is 0 Å². The molecule has 2 aromatic rings. The number of carboxylic acid groups (broad SMARTS) is 1. The van der Waals surface area contributed by atoms with Crippen molar-refractivity contribution in [3.05, 3.63) is 53.8 Å². The molecule has 1 heterocycles. The van der Waals surface area contributed by atoms with E-state index in [0.29, 0.717) is 36.5 Å². The molecule has 1 aromatic heterocycles. The minimum atomic E-state index is -3.60. The molecule has 0 amide bonds. The fourth-order valence-electron chi connectivity index (χ4n) is 2.59. The molecule has 0 aliphatic carbocycles. The Morgan fingerprint density at radius 1 is 1.18 bits per heavy atom. The van der Waals surface area contributed by atoms with Crippen LogP contribution in [0.5, 0.6) is 5.75 Å². The molecule has 2 rings (SSSR count). The molecular formula is C19H23ClN2O5S. The summed E-state index contributed by atoms with van der Waals surface area (Å²) >= 11 is 5.78. The molecule has 0 fully saturated rings. The van der Waals surface area contributed by atoms with Gasteiger partial charge in [-0.2, -0.15) is 0 Å². The highest BCUT2D eigenvalue weighted by atomic mass is 35.5. The van der Waals surface area contributed by atoms with Crippen LogP contribution in [0.4, 0.5) is 0 Å². The Hall–Kier alpha value is -2.16. The van der Waals surface area contributed by atoms with Crippen LogP contribution in [0.25, 0.3) is 0 Å². The first-order valence-corrected chi connectivity index (χ1v) is 10.8. The molecule has 7 nitrogen and oxygen atoms in total. The molecule has 2 N–H and O–H groups in total. The second-order valence-corrected chi connectivity index (χ2v) is 8.41. The molecule has 152 valence electrons. The molecule has 0 saturated carbocycles. The summed E-state index contributed by atoms with van der Waals surface area (Å²) < 4.78 is 33.0. The molecule has 1 unspecified atom stereocenters. The number of aromatic nitrogens is 1. The summed E-state index contributed by atoms with van der Waals surface area (Å²) in [5.41, 5.74) is 0. The third-order valence-electron chi connectivity index (χ3n) is 3.97. The number of carboxylic acids is 1. The first-order chi connectivity index (χ1) is 13.4. The first-order valence-electron chi connectivity index (χ1n) is 8.90. The van der Waals surface area contributed by atoms with Gasteiger partial charge in [0, 0.05) is 24.2 Å². The minimum Gasteiger partial charge on any atom is -0.489 e. The number of aliphatic carboxylic acids is 1. The average molecular weight is 427 g/mol. The minimum absolute atomic E-state index is 0.0656. The fraction of sp³-hybridized carbons (Fsp3) is 0.368. The highest BCUT2D eigenvalue weighted by Gasteiger charge is 2.15. The normalized spacial score (nSPS) is 12.5. The van der Waals surface area contributed by atoms with Crippen LogP contribution < -0.4 is 9.46 Å². The van der Waals surface area contributed by atoms with E-state index in [2.05, 4.69) is 9.71 Å². The lowest BCUT2D eigenvalue weighted by molar-refractivity contribution is -0.137. The number of benzene rings is 1. The number of nitrogens with zero attached hydrogens (tertiary/aromatic N) is 1. The summed E-state index contributed by atoms with van der Waals surface area (Å²) in [5.74, 6) is -0.250. The number of sulfonamides is 1. The van der Waals surface area contributed by atoms with Gasteiger partial charge >= 0.3 is 5.97 Å². The maximum atomic E-state index is 12.3. The summed E-state index contributed by atoms with van der Waals surface area (Å²) in [6, 6.07) is 9.48. The zero-order chi connectivity index (χ0) is 20.4. The molecule has 9 heteroatoms. The quantitative estimate of drug-likeness (QED) is 0.503. The van der Waals surface area contributed by atoms with Gasteiger partial charge in [-0.15, -0.1) is 0 Å². The predicted molar refractivity (Wildman–Crippen MR) is 106 cm³/mol. The third-order valence-corrected chi connectivity index (χ3v) is 5.70. The van der Waals surface area contributed by atoms with Crippen molar-refractivity contribution in [2.45, 2.75) is 43.1 Å². The SMILES string of the molecule is O=C(O)CCCC(CCCNS(=O)(=O)c1ccc(Cl)cc1)Oc1cccnc1. The van der Waals surface area contributed by atoms with Gasteiger partial charge in [-0.05, 0) is 62.1 Å². The van der Waals surface area contributed by atoms with E-state index in [1.807, 2.05) is 0 Å². The number of rotatable bonds is 12. The van der Waals surface area contributed by atoms with Crippen LogP contribution >= 0.6 is 11.6 Å². The second kappa shape index (κ2) is 11.0. The zero-order valence-corrected chi connectivity index (χ0v) is 16.8. The second-order valence-electron chi connectivity index (χ2n) is 6.21. The van der Waals surface area contributed by atoms with Crippen LogP contribution in [0.3, 0.4) is 0 Å². The first kappa shape index (κ1) is 22.1. The third kappa shape index (κ3) is 7.84. The van der Waals surface area contributed by atoms with Crippen molar-refractivity contribution in [2.75, 3.05) is 6.54 Å². The summed E-state index contributed by atoms with van der Waals surface area (Å²) in [5, 5.41) is 9.28. The van der Waals surface area contributed by atoms with Crippen molar-refractivity contribution in [1.82, 2.24) is 9.71 Å².